The predicted octanol–water partition coefficient (Wildman–Crippen LogP) is 4.66. The molecule has 0 fully saturated rings. The third-order valence-corrected chi connectivity index (χ3v) is 7.91. The summed E-state index contributed by atoms with van der Waals surface area (Å²) in [6.07, 6.45) is 2.22. The van der Waals surface area contributed by atoms with Crippen LogP contribution in [0.15, 0.2) is 34.7 Å². The molecule has 0 aliphatic heterocycles. The number of hydrogen-bond donors (Lipinski definition) is 1. The summed E-state index contributed by atoms with van der Waals surface area (Å²) in [5.41, 5.74) is 1.21. The average molecular weight is 431 g/mol. The van der Waals surface area contributed by atoms with Crippen LogP contribution in [-0.2, 0) is 26.4 Å². The molecule has 1 aromatic heterocycles. The van der Waals surface area contributed by atoms with E-state index in [1.54, 1.807) is 23.1 Å². The van der Waals surface area contributed by atoms with Gasteiger partial charge in [0.05, 0.1) is 27.3 Å². The molecule has 0 saturated carbocycles. The maximum atomic E-state index is 13.1. The van der Waals surface area contributed by atoms with Crippen LogP contribution in [0.2, 0.25) is 0 Å². The molecule has 9 heteroatoms. The molecule has 0 saturated heterocycles. The minimum absolute atomic E-state index is 0.196. The van der Waals surface area contributed by atoms with Crippen molar-refractivity contribution in [2.45, 2.75) is 31.0 Å². The maximum absolute atomic E-state index is 13.1. The second-order valence-corrected chi connectivity index (χ2v) is 10.0. The first-order valence-corrected chi connectivity index (χ1v) is 12.6. The molecule has 1 N–H and O–H groups in total. The number of benzene rings is 1. The summed E-state index contributed by atoms with van der Waals surface area (Å²) in [4.78, 5) is 2.03. The molecule has 0 amide bonds. The molecule has 27 heavy (non-hydrogen) atoms. The zero-order chi connectivity index (χ0) is 19.9. The average Bonchev–Trinajstić information content (AvgIpc) is 2.98. The van der Waals surface area contributed by atoms with Crippen molar-refractivity contribution in [3.05, 3.63) is 35.9 Å². The second kappa shape index (κ2) is 10.5. The summed E-state index contributed by atoms with van der Waals surface area (Å²) in [5, 5.41) is 4.56. The van der Waals surface area contributed by atoms with Crippen LogP contribution < -0.4 is 14.8 Å². The van der Waals surface area contributed by atoms with Crippen LogP contribution >= 0.6 is 30.7 Å². The lowest BCUT2D eigenvalue weighted by molar-refractivity contribution is -0.697. The summed E-state index contributed by atoms with van der Waals surface area (Å²) in [7, 11) is 0.768. The maximum Gasteiger partial charge on any atom is 0.372 e. The van der Waals surface area contributed by atoms with Gasteiger partial charge in [-0.1, -0.05) is 53.4 Å². The lowest BCUT2D eigenvalue weighted by Crippen LogP contribution is -2.40. The molecule has 1 heterocycles. The van der Waals surface area contributed by atoms with E-state index in [1.165, 1.54) is 5.56 Å². The normalized spacial score (nSPS) is 11.6. The smallest absolute Gasteiger partial charge is 0.366 e. The van der Waals surface area contributed by atoms with Crippen LogP contribution in [0.3, 0.4) is 0 Å². The standard InChI is InChI=1S/C18H29N3O3PS2/c1-6-23-25(22,24-7-2)14-21-17(20(3)4)16(27-18(21)26-5)19-13-15-11-9-8-10-12-15/h8-12,19H,6-7,13-14H2,1-5H3/q+1. The van der Waals surface area contributed by atoms with Crippen LogP contribution in [-0.4, -0.2) is 33.6 Å². The summed E-state index contributed by atoms with van der Waals surface area (Å²) in [6.45, 7) is 5.10. The van der Waals surface area contributed by atoms with E-state index in [0.717, 1.165) is 21.7 Å². The van der Waals surface area contributed by atoms with Crippen molar-refractivity contribution < 1.29 is 18.2 Å². The van der Waals surface area contributed by atoms with Crippen LogP contribution in [0, 0.1) is 0 Å². The Bertz CT molecular complexity index is 759. The second-order valence-electron chi connectivity index (χ2n) is 5.97. The number of anilines is 2. The SMILES string of the molecule is CCOP(=O)(C[n+]1c(SC)sc(NCc2ccccc2)c1N(C)C)OCC. The predicted molar refractivity (Wildman–Crippen MR) is 115 cm³/mol. The zero-order valence-electron chi connectivity index (χ0n) is 16.6. The van der Waals surface area contributed by atoms with Gasteiger partial charge in [-0.3, -0.25) is 9.46 Å². The van der Waals surface area contributed by atoms with E-state index in [0.29, 0.717) is 13.2 Å². The van der Waals surface area contributed by atoms with Crippen molar-refractivity contribution in [2.24, 2.45) is 0 Å². The van der Waals surface area contributed by atoms with E-state index >= 15 is 0 Å². The van der Waals surface area contributed by atoms with Gasteiger partial charge in [-0.15, -0.1) is 0 Å². The Morgan fingerprint density at radius 1 is 1.19 bits per heavy atom. The molecule has 6 nitrogen and oxygen atoms in total. The quantitative estimate of drug-likeness (QED) is 0.318. The highest BCUT2D eigenvalue weighted by Gasteiger charge is 2.34. The first kappa shape index (κ1) is 22.2. The molecule has 0 bridgehead atoms. The molecular weight excluding hydrogens is 401 g/mol. The van der Waals surface area contributed by atoms with Gasteiger partial charge in [0, 0.05) is 6.54 Å². The van der Waals surface area contributed by atoms with Gasteiger partial charge >= 0.3 is 13.4 Å². The van der Waals surface area contributed by atoms with Gasteiger partial charge in [0.25, 0.3) is 0 Å². The Morgan fingerprint density at radius 2 is 1.81 bits per heavy atom. The molecule has 2 aromatic rings. The van der Waals surface area contributed by atoms with Crippen molar-refractivity contribution in [1.82, 2.24) is 0 Å². The van der Waals surface area contributed by atoms with Gasteiger partial charge in [0.2, 0.25) is 4.34 Å². The van der Waals surface area contributed by atoms with E-state index < -0.39 is 7.60 Å². The lowest BCUT2D eigenvalue weighted by Gasteiger charge is -2.17. The third kappa shape index (κ3) is 5.96. The molecule has 0 atom stereocenters. The fourth-order valence-electron chi connectivity index (χ4n) is 2.70. The number of thioether (sulfide) groups is 1. The van der Waals surface area contributed by atoms with Gasteiger partial charge < -0.3 is 14.4 Å². The summed E-state index contributed by atoms with van der Waals surface area (Å²) < 4.78 is 27.2. The van der Waals surface area contributed by atoms with Crippen molar-refractivity contribution in [3.63, 3.8) is 0 Å². The first-order chi connectivity index (χ1) is 12.9. The van der Waals surface area contributed by atoms with Gasteiger partial charge in [0.1, 0.15) is 0 Å². The van der Waals surface area contributed by atoms with Gasteiger partial charge in [0.15, 0.2) is 11.3 Å². The largest absolute Gasteiger partial charge is 0.372 e. The molecule has 0 aliphatic carbocycles. The molecular formula is C18H29N3O3PS2+. The number of nitrogens with one attached hydrogen (secondary N) is 1. The minimum Gasteiger partial charge on any atom is -0.366 e. The van der Waals surface area contributed by atoms with Crippen LogP contribution in [0.4, 0.5) is 10.8 Å². The molecule has 0 unspecified atom stereocenters. The van der Waals surface area contributed by atoms with E-state index in [2.05, 4.69) is 17.4 Å². The van der Waals surface area contributed by atoms with Crippen LogP contribution in [0.1, 0.15) is 19.4 Å². The highest BCUT2D eigenvalue weighted by molar-refractivity contribution is 8.00. The molecule has 1 aromatic carbocycles. The number of thiazole rings is 1. The molecule has 150 valence electrons. The van der Waals surface area contributed by atoms with Crippen molar-refractivity contribution in [3.8, 4) is 0 Å². The molecule has 0 radical (unpaired) electrons. The summed E-state index contributed by atoms with van der Waals surface area (Å²) >= 11 is 3.28. The Kier molecular flexibility index (Phi) is 8.63. The van der Waals surface area contributed by atoms with Crippen molar-refractivity contribution >= 4 is 41.5 Å². The van der Waals surface area contributed by atoms with Crippen molar-refractivity contribution in [1.29, 1.82) is 0 Å². The third-order valence-electron chi connectivity index (χ3n) is 3.73. The molecule has 2 rings (SSSR count). The molecule has 0 spiro atoms. The van der Waals surface area contributed by atoms with E-state index in [9.17, 15) is 4.57 Å². The lowest BCUT2D eigenvalue weighted by atomic mass is 10.2. The van der Waals surface area contributed by atoms with E-state index in [4.69, 9.17) is 9.05 Å². The van der Waals surface area contributed by atoms with E-state index in [-0.39, 0.29) is 6.29 Å². The number of aromatic nitrogens is 1. The first-order valence-electron chi connectivity index (χ1n) is 8.88. The number of rotatable bonds is 11. The molecule has 0 aliphatic rings. The van der Waals surface area contributed by atoms with Gasteiger partial charge in [-0.05, 0) is 25.7 Å². The minimum atomic E-state index is -3.21. The Balaban J connectivity index is 2.35. The number of nitrogens with zero attached hydrogens (tertiary/aromatic N) is 2. The van der Waals surface area contributed by atoms with Gasteiger partial charge in [-0.2, -0.15) is 4.57 Å². The number of hydrogen-bond acceptors (Lipinski definition) is 7. The topological polar surface area (TPSA) is 54.7 Å². The Hall–Kier alpha value is -1.05. The van der Waals surface area contributed by atoms with Crippen LogP contribution in [0.5, 0.6) is 0 Å². The Morgan fingerprint density at radius 3 is 2.33 bits per heavy atom. The van der Waals surface area contributed by atoms with Crippen molar-refractivity contribution in [2.75, 3.05) is 43.8 Å². The Labute approximate surface area is 170 Å². The zero-order valence-corrected chi connectivity index (χ0v) is 19.1. The summed E-state index contributed by atoms with van der Waals surface area (Å²) in [5.74, 6) is 0.972. The van der Waals surface area contributed by atoms with E-state index in [1.807, 2.05) is 61.9 Å². The fraction of sp³-hybridized carbons (Fsp3) is 0.500. The highest BCUT2D eigenvalue weighted by atomic mass is 32.2. The van der Waals surface area contributed by atoms with Crippen LogP contribution in [0.25, 0.3) is 0 Å². The monoisotopic (exact) mass is 430 g/mol. The fourth-order valence-corrected chi connectivity index (χ4v) is 6.45. The summed E-state index contributed by atoms with van der Waals surface area (Å²) in [6, 6.07) is 10.3. The van der Waals surface area contributed by atoms with Gasteiger partial charge in [-0.25, -0.2) is 0 Å². The highest BCUT2D eigenvalue weighted by Crippen LogP contribution is 2.50.